The van der Waals surface area contributed by atoms with Gasteiger partial charge in [-0.3, -0.25) is 13.9 Å². The summed E-state index contributed by atoms with van der Waals surface area (Å²) in [5, 5.41) is 3.42. The van der Waals surface area contributed by atoms with Crippen molar-refractivity contribution in [3.8, 4) is 0 Å². The molecule has 0 aliphatic carbocycles. The monoisotopic (exact) mass is 583 g/mol. The highest BCUT2D eigenvalue weighted by Gasteiger charge is 2.34. The van der Waals surface area contributed by atoms with Gasteiger partial charge in [-0.2, -0.15) is 0 Å². The number of halogens is 1. The van der Waals surface area contributed by atoms with Gasteiger partial charge in [0.25, 0.3) is 10.0 Å². The van der Waals surface area contributed by atoms with Gasteiger partial charge in [0.15, 0.2) is 0 Å². The quantitative estimate of drug-likeness (QED) is 0.323. The summed E-state index contributed by atoms with van der Waals surface area (Å²) in [5.74, 6) is -0.840. The van der Waals surface area contributed by atoms with Crippen LogP contribution in [-0.2, 0) is 26.2 Å². The molecule has 0 unspecified atom stereocenters. The number of nitrogens with one attached hydrogen (secondary N) is 1. The third kappa shape index (κ3) is 7.64. The van der Waals surface area contributed by atoms with E-state index >= 15 is 0 Å². The minimum absolute atomic E-state index is 0.0424. The zero-order chi connectivity index (χ0) is 29.7. The molecule has 9 heteroatoms. The van der Waals surface area contributed by atoms with Crippen molar-refractivity contribution in [2.75, 3.05) is 10.8 Å². The van der Waals surface area contributed by atoms with Crippen LogP contribution in [0.15, 0.2) is 77.7 Å². The molecule has 0 fully saturated rings. The molecule has 1 N–H and O–H groups in total. The summed E-state index contributed by atoms with van der Waals surface area (Å²) in [6.45, 7) is 10.8. The lowest BCUT2D eigenvalue weighted by Gasteiger charge is -2.35. The van der Waals surface area contributed by atoms with Crippen LogP contribution in [-0.4, -0.2) is 43.3 Å². The maximum Gasteiger partial charge on any atom is 0.264 e. The summed E-state index contributed by atoms with van der Waals surface area (Å²) in [5.41, 5.74) is 2.39. The van der Waals surface area contributed by atoms with Crippen LogP contribution in [0.1, 0.15) is 50.8 Å². The number of amides is 2. The molecule has 0 spiro atoms. The molecule has 2 amide bonds. The van der Waals surface area contributed by atoms with Crippen molar-refractivity contribution in [1.82, 2.24) is 10.2 Å². The smallest absolute Gasteiger partial charge is 0.264 e. The first-order valence-corrected chi connectivity index (χ1v) is 15.1. The summed E-state index contributed by atoms with van der Waals surface area (Å²) >= 11 is 6.45. The average Bonchev–Trinajstić information content (AvgIpc) is 2.89. The molecule has 0 heterocycles. The third-order valence-corrected chi connectivity index (χ3v) is 8.73. The van der Waals surface area contributed by atoms with Crippen LogP contribution in [0.25, 0.3) is 0 Å². The van der Waals surface area contributed by atoms with Crippen molar-refractivity contribution in [3.05, 3.63) is 94.5 Å². The number of carbonyl (C=O) groups excluding carboxylic acids is 2. The van der Waals surface area contributed by atoms with E-state index in [1.165, 1.54) is 17.0 Å². The van der Waals surface area contributed by atoms with Crippen molar-refractivity contribution in [2.45, 2.75) is 71.0 Å². The predicted octanol–water partition coefficient (Wildman–Crippen LogP) is 5.87. The molecule has 0 bridgehead atoms. The SMILES string of the molecule is CC[C@@H](C(=O)NC(C)(C)C)N(Cc1ccccc1Cl)C(=O)CN(c1ccc(C)c(C)c1)S(=O)(=O)c1ccccc1. The Morgan fingerprint density at radius 2 is 1.55 bits per heavy atom. The highest BCUT2D eigenvalue weighted by atomic mass is 35.5. The fourth-order valence-electron chi connectivity index (χ4n) is 4.31. The second kappa shape index (κ2) is 12.9. The van der Waals surface area contributed by atoms with E-state index in [2.05, 4.69) is 5.32 Å². The zero-order valence-electron chi connectivity index (χ0n) is 23.9. The number of rotatable bonds is 10. The van der Waals surface area contributed by atoms with Crippen LogP contribution in [0.2, 0.25) is 5.02 Å². The first kappa shape index (κ1) is 31.2. The molecule has 214 valence electrons. The number of aryl methyl sites for hydroxylation is 2. The van der Waals surface area contributed by atoms with Crippen LogP contribution in [0, 0.1) is 13.8 Å². The van der Waals surface area contributed by atoms with Gasteiger partial charge in [-0.25, -0.2) is 8.42 Å². The van der Waals surface area contributed by atoms with Crippen molar-refractivity contribution < 1.29 is 18.0 Å². The molecule has 0 aliphatic rings. The molecule has 0 aromatic heterocycles. The number of carbonyl (C=O) groups is 2. The van der Waals surface area contributed by atoms with E-state index in [0.29, 0.717) is 22.7 Å². The second-order valence-electron chi connectivity index (χ2n) is 10.9. The Kier molecular flexibility index (Phi) is 10.0. The topological polar surface area (TPSA) is 86.8 Å². The zero-order valence-corrected chi connectivity index (χ0v) is 25.5. The Hall–Kier alpha value is -3.36. The first-order valence-electron chi connectivity index (χ1n) is 13.2. The molecule has 0 aliphatic heterocycles. The Bertz CT molecular complexity index is 1450. The van der Waals surface area contributed by atoms with Crippen molar-refractivity contribution >= 4 is 39.1 Å². The molecule has 0 radical (unpaired) electrons. The van der Waals surface area contributed by atoms with Crippen LogP contribution >= 0.6 is 11.6 Å². The number of hydrogen-bond acceptors (Lipinski definition) is 4. The lowest BCUT2D eigenvalue weighted by molar-refractivity contribution is -0.141. The predicted molar refractivity (Wildman–Crippen MR) is 161 cm³/mol. The van der Waals surface area contributed by atoms with E-state index in [1.54, 1.807) is 54.6 Å². The van der Waals surface area contributed by atoms with Gasteiger partial charge in [-0.15, -0.1) is 0 Å². The lowest BCUT2D eigenvalue weighted by Crippen LogP contribution is -2.55. The number of benzene rings is 3. The summed E-state index contributed by atoms with van der Waals surface area (Å²) in [7, 11) is -4.12. The van der Waals surface area contributed by atoms with E-state index in [1.807, 2.05) is 47.6 Å². The van der Waals surface area contributed by atoms with Crippen LogP contribution in [0.4, 0.5) is 5.69 Å². The maximum absolute atomic E-state index is 14.1. The van der Waals surface area contributed by atoms with Crippen LogP contribution < -0.4 is 9.62 Å². The van der Waals surface area contributed by atoms with E-state index in [4.69, 9.17) is 11.6 Å². The van der Waals surface area contributed by atoms with E-state index in [0.717, 1.165) is 15.4 Å². The van der Waals surface area contributed by atoms with Gasteiger partial charge in [-0.05, 0) is 88.1 Å². The minimum atomic E-state index is -4.12. The fourth-order valence-corrected chi connectivity index (χ4v) is 5.93. The van der Waals surface area contributed by atoms with Gasteiger partial charge in [0.1, 0.15) is 12.6 Å². The van der Waals surface area contributed by atoms with E-state index < -0.39 is 34.1 Å². The van der Waals surface area contributed by atoms with E-state index in [-0.39, 0.29) is 17.3 Å². The Morgan fingerprint density at radius 1 is 0.925 bits per heavy atom. The fraction of sp³-hybridized carbons (Fsp3) is 0.355. The highest BCUT2D eigenvalue weighted by molar-refractivity contribution is 7.92. The Morgan fingerprint density at radius 3 is 2.12 bits per heavy atom. The summed E-state index contributed by atoms with van der Waals surface area (Å²) in [6.07, 6.45) is 0.327. The number of sulfonamides is 1. The normalized spacial score (nSPS) is 12.5. The van der Waals surface area contributed by atoms with Gasteiger partial charge in [0, 0.05) is 17.1 Å². The highest BCUT2D eigenvalue weighted by Crippen LogP contribution is 2.27. The van der Waals surface area contributed by atoms with Gasteiger partial charge in [0.05, 0.1) is 10.6 Å². The standard InChI is InChI=1S/C31H38ClN3O4S/c1-7-28(30(37)33-31(4,5)6)34(20-24-13-11-12-16-27(24)32)29(36)21-35(25-18-17-22(2)23(3)19-25)40(38,39)26-14-9-8-10-15-26/h8-19,28H,7,20-21H2,1-6H3,(H,33,37)/t28-/m0/s1. The maximum atomic E-state index is 14.1. The number of nitrogens with zero attached hydrogens (tertiary/aromatic N) is 2. The summed E-state index contributed by atoms with van der Waals surface area (Å²) in [4.78, 5) is 29.0. The lowest BCUT2D eigenvalue weighted by atomic mass is 10.1. The molecule has 1 atom stereocenters. The molecular weight excluding hydrogens is 546 g/mol. The molecule has 0 saturated carbocycles. The minimum Gasteiger partial charge on any atom is -0.350 e. The van der Waals surface area contributed by atoms with Crippen molar-refractivity contribution in [3.63, 3.8) is 0 Å². The third-order valence-electron chi connectivity index (χ3n) is 6.57. The van der Waals surface area contributed by atoms with Crippen molar-refractivity contribution in [1.29, 1.82) is 0 Å². The molecule has 0 saturated heterocycles. The Balaban J connectivity index is 2.10. The number of anilines is 1. The summed E-state index contributed by atoms with van der Waals surface area (Å²) < 4.78 is 28.9. The number of hydrogen-bond donors (Lipinski definition) is 1. The largest absolute Gasteiger partial charge is 0.350 e. The molecule has 7 nitrogen and oxygen atoms in total. The van der Waals surface area contributed by atoms with Gasteiger partial charge in [0.2, 0.25) is 11.8 Å². The molecule has 3 aromatic rings. The van der Waals surface area contributed by atoms with Gasteiger partial charge >= 0.3 is 0 Å². The summed E-state index contributed by atoms with van der Waals surface area (Å²) in [6, 6.07) is 19.6. The average molecular weight is 584 g/mol. The molecule has 40 heavy (non-hydrogen) atoms. The van der Waals surface area contributed by atoms with Crippen LogP contribution in [0.5, 0.6) is 0 Å². The first-order chi connectivity index (χ1) is 18.7. The van der Waals surface area contributed by atoms with Gasteiger partial charge < -0.3 is 10.2 Å². The van der Waals surface area contributed by atoms with E-state index in [9.17, 15) is 18.0 Å². The Labute approximate surface area is 243 Å². The molecular formula is C31H38ClN3O4S. The van der Waals surface area contributed by atoms with Crippen LogP contribution in [0.3, 0.4) is 0 Å². The van der Waals surface area contributed by atoms with Gasteiger partial charge in [-0.1, -0.05) is 61.0 Å². The second-order valence-corrected chi connectivity index (χ2v) is 13.1. The van der Waals surface area contributed by atoms with Crippen molar-refractivity contribution in [2.24, 2.45) is 0 Å². The molecule has 3 rings (SSSR count). The molecule has 3 aromatic carbocycles.